The third-order valence-electron chi connectivity index (χ3n) is 2.66. The van der Waals surface area contributed by atoms with Crippen LogP contribution in [0.4, 0.5) is 10.5 Å². The van der Waals surface area contributed by atoms with Gasteiger partial charge in [0.25, 0.3) is 10.0 Å². The van der Waals surface area contributed by atoms with Crippen LogP contribution in [0.25, 0.3) is 10.2 Å². The third-order valence-corrected chi connectivity index (χ3v) is 5.01. The molecule has 2 rings (SSSR count). The maximum absolute atomic E-state index is 11.7. The van der Waals surface area contributed by atoms with Gasteiger partial charge in [0.1, 0.15) is 0 Å². The van der Waals surface area contributed by atoms with Crippen molar-refractivity contribution < 1.29 is 22.7 Å². The lowest BCUT2D eigenvalue weighted by Gasteiger charge is -2.15. The second-order valence-corrected chi connectivity index (χ2v) is 8.53. The molecule has 10 heteroatoms. The van der Waals surface area contributed by atoms with Gasteiger partial charge in [0.15, 0.2) is 0 Å². The van der Waals surface area contributed by atoms with Crippen LogP contribution in [0.2, 0.25) is 0 Å². The lowest BCUT2D eigenvalue weighted by atomic mass is 9.98. The molecule has 1 amide bonds. The van der Waals surface area contributed by atoms with Crippen molar-refractivity contribution in [3.63, 3.8) is 0 Å². The summed E-state index contributed by atoms with van der Waals surface area (Å²) in [6.07, 6.45) is -0.925. The molecule has 1 aromatic heterocycles. The van der Waals surface area contributed by atoms with Gasteiger partial charge in [-0.15, -0.1) is 11.3 Å². The van der Waals surface area contributed by atoms with E-state index in [-0.39, 0.29) is 4.34 Å². The van der Waals surface area contributed by atoms with Gasteiger partial charge in [-0.05, 0) is 39.0 Å². The highest BCUT2D eigenvalue weighted by atomic mass is 32.2. The molecule has 1 aromatic carbocycles. The first-order valence-corrected chi connectivity index (χ1v) is 8.80. The summed E-state index contributed by atoms with van der Waals surface area (Å²) in [6.45, 7) is 4.87. The van der Waals surface area contributed by atoms with Crippen molar-refractivity contribution in [3.05, 3.63) is 18.2 Å². The van der Waals surface area contributed by atoms with Gasteiger partial charge in [0.2, 0.25) is 4.34 Å². The minimum Gasteiger partial charge on any atom is -0.376 e. The maximum atomic E-state index is 11.7. The van der Waals surface area contributed by atoms with E-state index in [9.17, 15) is 18.0 Å². The number of anilines is 1. The summed E-state index contributed by atoms with van der Waals surface area (Å²) in [5.74, 6) is -0.666. The Morgan fingerprint density at radius 3 is 2.52 bits per heavy atom. The average molecular weight is 357 g/mol. The van der Waals surface area contributed by atoms with E-state index in [1.54, 1.807) is 26.8 Å². The number of nitrogens with zero attached hydrogens (tertiary/aromatic N) is 1. The number of hydrogen-bond acceptors (Lipinski definition) is 7. The van der Waals surface area contributed by atoms with E-state index in [2.05, 4.69) is 15.0 Å². The molecule has 0 spiro atoms. The number of hydrogen-bond donors (Lipinski definition) is 2. The highest BCUT2D eigenvalue weighted by Crippen LogP contribution is 2.27. The summed E-state index contributed by atoms with van der Waals surface area (Å²) < 4.78 is 27.6. The lowest BCUT2D eigenvalue weighted by Crippen LogP contribution is -2.28. The van der Waals surface area contributed by atoms with Gasteiger partial charge in [0.05, 0.1) is 15.6 Å². The number of fused-ring (bicyclic) bond motifs is 1. The molecular weight excluding hydrogens is 342 g/mol. The van der Waals surface area contributed by atoms with Gasteiger partial charge in [-0.25, -0.2) is 23.3 Å². The predicted octanol–water partition coefficient (Wildman–Crippen LogP) is 2.06. The fourth-order valence-corrected chi connectivity index (χ4v) is 3.12. The first kappa shape index (κ1) is 17.3. The minimum atomic E-state index is -3.88. The van der Waals surface area contributed by atoms with Crippen LogP contribution < -0.4 is 10.5 Å². The van der Waals surface area contributed by atoms with Crippen molar-refractivity contribution in [2.75, 3.05) is 5.32 Å². The second-order valence-electron chi connectivity index (χ2n) is 5.76. The smallest absolute Gasteiger partial charge is 0.376 e. The van der Waals surface area contributed by atoms with Crippen LogP contribution in [0.15, 0.2) is 22.5 Å². The van der Waals surface area contributed by atoms with E-state index in [0.717, 1.165) is 11.3 Å². The molecule has 0 unspecified atom stereocenters. The first-order chi connectivity index (χ1) is 10.5. The standard InChI is InChI=1S/C13H15N3O5S2/c1-13(2,3)10(17)21-11(18)15-7-4-5-9-8(6-7)16-12(22-9)23(14,19)20/h4-6H,1-3H3,(H,15,18)(H2,14,19,20). The number of ether oxygens (including phenoxy) is 1. The number of carbonyl (C=O) groups excluding carboxylic acids is 2. The zero-order chi connectivity index (χ0) is 17.4. The molecule has 0 saturated carbocycles. The van der Waals surface area contributed by atoms with Crippen molar-refractivity contribution in [3.8, 4) is 0 Å². The third kappa shape index (κ3) is 4.24. The Labute approximate surface area is 136 Å². The molecule has 8 nitrogen and oxygen atoms in total. The number of primary sulfonamides is 1. The van der Waals surface area contributed by atoms with E-state index in [1.165, 1.54) is 12.1 Å². The highest BCUT2D eigenvalue weighted by molar-refractivity contribution is 7.91. The first-order valence-electron chi connectivity index (χ1n) is 6.43. The number of nitrogens with two attached hydrogens (primary N) is 1. The maximum Gasteiger partial charge on any atom is 0.419 e. The van der Waals surface area contributed by atoms with E-state index in [0.29, 0.717) is 15.9 Å². The van der Waals surface area contributed by atoms with Crippen LogP contribution in [0.5, 0.6) is 0 Å². The zero-order valence-corrected chi connectivity index (χ0v) is 14.2. The van der Waals surface area contributed by atoms with Crippen molar-refractivity contribution >= 4 is 49.3 Å². The molecule has 1 heterocycles. The summed E-state index contributed by atoms with van der Waals surface area (Å²) in [4.78, 5) is 27.2. The highest BCUT2D eigenvalue weighted by Gasteiger charge is 2.25. The Morgan fingerprint density at radius 2 is 1.96 bits per heavy atom. The summed E-state index contributed by atoms with van der Waals surface area (Å²) in [7, 11) is -3.88. The number of sulfonamides is 1. The molecule has 0 aliphatic carbocycles. The monoisotopic (exact) mass is 357 g/mol. The van der Waals surface area contributed by atoms with Gasteiger partial charge in [-0.1, -0.05) is 0 Å². The topological polar surface area (TPSA) is 128 Å². The number of amides is 1. The van der Waals surface area contributed by atoms with Gasteiger partial charge in [-0.2, -0.15) is 0 Å². The van der Waals surface area contributed by atoms with Crippen molar-refractivity contribution in [1.82, 2.24) is 4.98 Å². The Hall–Kier alpha value is -2.04. The Balaban J connectivity index is 2.18. The summed E-state index contributed by atoms with van der Waals surface area (Å²) in [6, 6.07) is 4.59. The fourth-order valence-electron chi connectivity index (χ4n) is 1.49. The SMILES string of the molecule is CC(C)(C)C(=O)OC(=O)Nc1ccc2sc(S(N)(=O)=O)nc2c1. The number of aromatic nitrogens is 1. The van der Waals surface area contributed by atoms with E-state index in [1.807, 2.05) is 0 Å². The van der Waals surface area contributed by atoms with E-state index < -0.39 is 27.5 Å². The molecular formula is C13H15N3O5S2. The molecule has 0 bridgehead atoms. The fraction of sp³-hybridized carbons (Fsp3) is 0.308. The molecule has 0 aliphatic rings. The predicted molar refractivity (Wildman–Crippen MR) is 85.6 cm³/mol. The van der Waals surface area contributed by atoms with Crippen LogP contribution in [0.1, 0.15) is 20.8 Å². The summed E-state index contributed by atoms with van der Waals surface area (Å²) in [5.41, 5.74) is -0.130. The minimum absolute atomic E-state index is 0.213. The van der Waals surface area contributed by atoms with Crippen molar-refractivity contribution in [2.45, 2.75) is 25.1 Å². The summed E-state index contributed by atoms with van der Waals surface area (Å²) in [5, 5.41) is 7.41. The number of carbonyl (C=O) groups is 2. The van der Waals surface area contributed by atoms with Crippen LogP contribution in [-0.4, -0.2) is 25.5 Å². The van der Waals surface area contributed by atoms with Crippen molar-refractivity contribution in [2.24, 2.45) is 10.6 Å². The molecule has 124 valence electrons. The number of benzene rings is 1. The van der Waals surface area contributed by atoms with Crippen LogP contribution >= 0.6 is 11.3 Å². The molecule has 3 N–H and O–H groups in total. The molecule has 23 heavy (non-hydrogen) atoms. The number of thiazole rings is 1. The number of nitrogens with one attached hydrogen (secondary N) is 1. The van der Waals surface area contributed by atoms with Gasteiger partial charge in [-0.3, -0.25) is 10.1 Å². The quantitative estimate of drug-likeness (QED) is 0.625. The number of esters is 1. The Bertz CT molecular complexity index is 881. The van der Waals surface area contributed by atoms with Crippen LogP contribution in [0.3, 0.4) is 0 Å². The zero-order valence-electron chi connectivity index (χ0n) is 12.6. The van der Waals surface area contributed by atoms with Crippen LogP contribution in [-0.2, 0) is 19.6 Å². The normalized spacial score (nSPS) is 12.2. The molecule has 2 aromatic rings. The molecule has 0 fully saturated rings. The number of rotatable bonds is 2. The molecule has 0 aliphatic heterocycles. The molecule has 0 saturated heterocycles. The van der Waals surface area contributed by atoms with Crippen molar-refractivity contribution in [1.29, 1.82) is 0 Å². The molecule has 0 atom stereocenters. The van der Waals surface area contributed by atoms with Gasteiger partial charge in [0, 0.05) is 5.69 Å². The van der Waals surface area contributed by atoms with Gasteiger partial charge >= 0.3 is 12.1 Å². The van der Waals surface area contributed by atoms with Gasteiger partial charge < -0.3 is 4.74 Å². The largest absolute Gasteiger partial charge is 0.419 e. The van der Waals surface area contributed by atoms with E-state index in [4.69, 9.17) is 5.14 Å². The summed E-state index contributed by atoms with van der Waals surface area (Å²) >= 11 is 0.924. The molecule has 0 radical (unpaired) electrons. The van der Waals surface area contributed by atoms with E-state index >= 15 is 0 Å². The average Bonchev–Trinajstić information content (AvgIpc) is 2.80. The Morgan fingerprint density at radius 1 is 1.30 bits per heavy atom. The second kappa shape index (κ2) is 5.87. The van der Waals surface area contributed by atoms with Crippen LogP contribution in [0, 0.1) is 5.41 Å². The lowest BCUT2D eigenvalue weighted by molar-refractivity contribution is -0.145. The Kier molecular flexibility index (Phi) is 4.42.